The first-order valence-corrected chi connectivity index (χ1v) is 20.7. The first kappa shape index (κ1) is 40.3. The van der Waals surface area contributed by atoms with E-state index in [-0.39, 0.29) is 42.0 Å². The monoisotopic (exact) mass is 759 g/mol. The first-order valence-electron chi connectivity index (χ1n) is 20.7. The number of aromatic hydroxyl groups is 1. The van der Waals surface area contributed by atoms with E-state index in [4.69, 9.17) is 9.47 Å². The van der Waals surface area contributed by atoms with Crippen LogP contribution in [-0.2, 0) is 31.9 Å². The summed E-state index contributed by atoms with van der Waals surface area (Å²) in [5, 5.41) is 13.4. The van der Waals surface area contributed by atoms with E-state index < -0.39 is 12.2 Å². The van der Waals surface area contributed by atoms with Gasteiger partial charge in [-0.15, -0.1) is 0 Å². The van der Waals surface area contributed by atoms with Gasteiger partial charge >= 0.3 is 18.1 Å². The van der Waals surface area contributed by atoms with Gasteiger partial charge in [-0.3, -0.25) is 9.59 Å². The topological polar surface area (TPSA) is 132 Å². The number of phenols is 1. The maximum absolute atomic E-state index is 14.2. The zero-order valence-corrected chi connectivity index (χ0v) is 33.1. The van der Waals surface area contributed by atoms with Crippen LogP contribution < -0.4 is 5.32 Å². The van der Waals surface area contributed by atoms with Crippen molar-refractivity contribution in [2.75, 3.05) is 57.7 Å². The second-order valence-corrected chi connectivity index (χ2v) is 16.0. The Morgan fingerprint density at radius 3 is 2.18 bits per heavy atom. The molecule has 4 heterocycles. The molecule has 0 aromatic heterocycles. The van der Waals surface area contributed by atoms with Crippen LogP contribution in [0.5, 0.6) is 5.75 Å². The highest BCUT2D eigenvalue weighted by Gasteiger charge is 2.37. The van der Waals surface area contributed by atoms with E-state index in [2.05, 4.69) is 17.1 Å². The molecular formula is C43H61N5O7. The van der Waals surface area contributed by atoms with Crippen molar-refractivity contribution < 1.29 is 33.8 Å². The quantitative estimate of drug-likeness (QED) is 0.187. The van der Waals surface area contributed by atoms with Crippen LogP contribution in [-0.4, -0.2) is 119 Å². The Morgan fingerprint density at radius 2 is 1.49 bits per heavy atom. The summed E-state index contributed by atoms with van der Waals surface area (Å²) in [6.07, 6.45) is 8.28. The predicted octanol–water partition coefficient (Wildman–Crippen LogP) is 6.44. The molecule has 2 aromatic rings. The van der Waals surface area contributed by atoms with E-state index in [1.165, 1.54) is 6.42 Å². The van der Waals surface area contributed by atoms with E-state index in [1.54, 1.807) is 4.90 Å². The first-order chi connectivity index (χ1) is 26.6. The summed E-state index contributed by atoms with van der Waals surface area (Å²) in [6, 6.07) is 11.8. The number of phenolic OH excluding ortho intramolecular Hbond substituents is 1. The molecule has 2 N–H and O–H groups in total. The Balaban J connectivity index is 1.02. The number of fused-ring (bicyclic) bond motifs is 1. The van der Waals surface area contributed by atoms with E-state index >= 15 is 0 Å². The average Bonchev–Trinajstić information content (AvgIpc) is 3.37. The molecule has 0 spiro atoms. The molecular weight excluding hydrogens is 699 g/mol. The normalized spacial score (nSPS) is 19.7. The van der Waals surface area contributed by atoms with Gasteiger partial charge < -0.3 is 39.5 Å². The zero-order chi connectivity index (χ0) is 38.9. The predicted molar refractivity (Wildman–Crippen MR) is 211 cm³/mol. The molecule has 0 unspecified atom stereocenters. The largest absolute Gasteiger partial charge is 0.507 e. The number of anilines is 1. The summed E-state index contributed by atoms with van der Waals surface area (Å²) >= 11 is 0. The van der Waals surface area contributed by atoms with E-state index in [1.807, 2.05) is 60.0 Å². The molecule has 4 aliphatic rings. The van der Waals surface area contributed by atoms with Gasteiger partial charge in [-0.05, 0) is 107 Å². The third-order valence-corrected chi connectivity index (χ3v) is 12.2. The second kappa shape index (κ2) is 19.0. The molecule has 4 amide bonds. The Bertz CT molecular complexity index is 1620. The Hall–Kier alpha value is -4.32. The Kier molecular flexibility index (Phi) is 14.0. The molecule has 0 bridgehead atoms. The number of unbranched alkanes of at least 4 members (excludes halogenated alkanes) is 3. The fourth-order valence-electron chi connectivity index (χ4n) is 8.83. The number of ether oxygens (including phenoxy) is 2. The summed E-state index contributed by atoms with van der Waals surface area (Å²) < 4.78 is 11.7. The lowest BCUT2D eigenvalue weighted by Crippen LogP contribution is -2.53. The molecule has 12 heteroatoms. The minimum atomic E-state index is -1.01. The van der Waals surface area contributed by atoms with Crippen molar-refractivity contribution in [3.8, 4) is 5.75 Å². The number of esters is 1. The number of rotatable bonds is 12. The molecule has 12 nitrogen and oxygen atoms in total. The summed E-state index contributed by atoms with van der Waals surface area (Å²) in [7, 11) is 0. The molecule has 3 saturated heterocycles. The smallest absolute Gasteiger partial charge is 0.410 e. The van der Waals surface area contributed by atoms with Crippen molar-refractivity contribution >= 4 is 29.7 Å². The number of urea groups is 1. The zero-order valence-electron chi connectivity index (χ0n) is 33.1. The summed E-state index contributed by atoms with van der Waals surface area (Å²) in [4.78, 5) is 61.5. The third-order valence-electron chi connectivity index (χ3n) is 12.2. The number of amides is 4. The summed E-state index contributed by atoms with van der Waals surface area (Å²) in [5.74, 6) is -0.0778. The van der Waals surface area contributed by atoms with Gasteiger partial charge in [-0.1, -0.05) is 56.5 Å². The summed E-state index contributed by atoms with van der Waals surface area (Å²) in [5.41, 5.74) is 4.20. The van der Waals surface area contributed by atoms with Crippen LogP contribution in [0.3, 0.4) is 0 Å². The van der Waals surface area contributed by atoms with Gasteiger partial charge in [0.25, 0.3) is 5.91 Å². The van der Waals surface area contributed by atoms with Gasteiger partial charge in [0.05, 0.1) is 12.5 Å². The number of nitrogens with one attached hydrogen (secondary N) is 1. The lowest BCUT2D eigenvalue weighted by atomic mass is 9.93. The molecule has 2 aromatic carbocycles. The number of hydrogen-bond acceptors (Lipinski definition) is 8. The van der Waals surface area contributed by atoms with Gasteiger partial charge in [-0.2, -0.15) is 0 Å². The van der Waals surface area contributed by atoms with Crippen molar-refractivity contribution in [1.29, 1.82) is 0 Å². The van der Waals surface area contributed by atoms with Gasteiger partial charge in [0.15, 0.2) is 6.10 Å². The highest BCUT2D eigenvalue weighted by atomic mass is 16.6. The Labute approximate surface area is 326 Å². The SMILES string of the molecule is CCCCCCOC(=O)C1CCN(C2CCN(C(=O)[C@@H](Cc3cc(C)c(O)c(C)c3)OC(=O)N3CCC(N4CCc5ccccc5NC4=O)CC3)CC2)CC1. The van der Waals surface area contributed by atoms with E-state index in [0.717, 1.165) is 81.3 Å². The van der Waals surface area contributed by atoms with Gasteiger partial charge in [0.2, 0.25) is 0 Å². The number of likely N-dealkylation sites (tertiary alicyclic amines) is 3. The molecule has 55 heavy (non-hydrogen) atoms. The highest BCUT2D eigenvalue weighted by molar-refractivity contribution is 5.91. The molecule has 4 aliphatic heterocycles. The number of carbonyl (C=O) groups excluding carboxylic acids is 4. The molecule has 300 valence electrons. The van der Waals surface area contributed by atoms with Crippen LogP contribution in [0.4, 0.5) is 15.3 Å². The maximum atomic E-state index is 14.2. The van der Waals surface area contributed by atoms with Crippen LogP contribution in [0.2, 0.25) is 0 Å². The molecule has 3 fully saturated rings. The number of benzene rings is 2. The number of carbonyl (C=O) groups is 4. The third kappa shape index (κ3) is 10.3. The average molecular weight is 760 g/mol. The minimum Gasteiger partial charge on any atom is -0.507 e. The second-order valence-electron chi connectivity index (χ2n) is 16.0. The summed E-state index contributed by atoms with van der Waals surface area (Å²) in [6.45, 7) is 10.6. The minimum absolute atomic E-state index is 0.0000325. The van der Waals surface area contributed by atoms with Crippen LogP contribution in [0, 0.1) is 19.8 Å². The van der Waals surface area contributed by atoms with Crippen molar-refractivity contribution in [1.82, 2.24) is 19.6 Å². The number of para-hydroxylation sites is 1. The number of hydrogen-bond donors (Lipinski definition) is 2. The highest BCUT2D eigenvalue weighted by Crippen LogP contribution is 2.29. The van der Waals surface area contributed by atoms with Crippen LogP contribution in [0.1, 0.15) is 93.4 Å². The molecule has 6 rings (SSSR count). The van der Waals surface area contributed by atoms with Crippen LogP contribution in [0.15, 0.2) is 36.4 Å². The number of piperidine rings is 3. The van der Waals surface area contributed by atoms with Gasteiger partial charge in [0.1, 0.15) is 5.75 Å². The van der Waals surface area contributed by atoms with Gasteiger partial charge in [0, 0.05) is 56.9 Å². The molecule has 0 aliphatic carbocycles. The Morgan fingerprint density at radius 1 is 0.836 bits per heavy atom. The molecule has 0 saturated carbocycles. The van der Waals surface area contributed by atoms with Crippen molar-refractivity contribution in [2.45, 2.75) is 116 Å². The lowest BCUT2D eigenvalue weighted by molar-refractivity contribution is -0.151. The van der Waals surface area contributed by atoms with Crippen molar-refractivity contribution in [3.05, 3.63) is 58.7 Å². The van der Waals surface area contributed by atoms with Crippen LogP contribution in [0.25, 0.3) is 0 Å². The van der Waals surface area contributed by atoms with Gasteiger partial charge in [-0.25, -0.2) is 9.59 Å². The standard InChI is InChI=1S/C43H61N5O7/c1-4-5-6-9-26-54-41(51)34-12-19-45(20-13-34)35-15-21-46(22-16-35)40(50)38(29-32-27-30(2)39(49)31(3)28-32)55-43(53)47-23-17-36(18-24-47)48-25-14-33-10-7-8-11-37(33)44-42(48)52/h7-8,10-11,27-28,34-36,38,49H,4-6,9,12-26,29H2,1-3H3,(H,44,52)/t38-/m1/s1. The van der Waals surface area contributed by atoms with E-state index in [9.17, 15) is 24.3 Å². The number of aryl methyl sites for hydroxylation is 2. The fraction of sp³-hybridized carbons (Fsp3) is 0.628. The van der Waals surface area contributed by atoms with E-state index in [0.29, 0.717) is 69.3 Å². The lowest BCUT2D eigenvalue weighted by Gasteiger charge is -2.42. The fourth-order valence-corrected chi connectivity index (χ4v) is 8.83. The number of nitrogens with zero attached hydrogens (tertiary/aromatic N) is 4. The van der Waals surface area contributed by atoms with Crippen molar-refractivity contribution in [3.63, 3.8) is 0 Å². The maximum Gasteiger partial charge on any atom is 0.410 e. The van der Waals surface area contributed by atoms with Crippen molar-refractivity contribution in [2.24, 2.45) is 5.92 Å². The molecule has 0 radical (unpaired) electrons. The molecule has 1 atom stereocenters. The van der Waals surface area contributed by atoms with Crippen LogP contribution >= 0.6 is 0 Å².